The predicted molar refractivity (Wildman–Crippen MR) is 78.3 cm³/mol. The molecule has 20 heavy (non-hydrogen) atoms. The summed E-state index contributed by atoms with van der Waals surface area (Å²) >= 11 is 0. The van der Waals surface area contributed by atoms with Gasteiger partial charge in [-0.3, -0.25) is 14.5 Å². The lowest BCUT2D eigenvalue weighted by Crippen LogP contribution is -2.45. The van der Waals surface area contributed by atoms with Crippen LogP contribution in [-0.4, -0.2) is 49.1 Å². The second kappa shape index (κ2) is 8.95. The van der Waals surface area contributed by atoms with Crippen LogP contribution in [0.5, 0.6) is 0 Å². The normalized spacial score (nSPS) is 17.2. The summed E-state index contributed by atoms with van der Waals surface area (Å²) < 4.78 is 5.04. The van der Waals surface area contributed by atoms with E-state index in [9.17, 15) is 9.59 Å². The van der Waals surface area contributed by atoms with E-state index in [0.717, 1.165) is 38.8 Å². The number of carbonyl (C=O) groups is 2. The van der Waals surface area contributed by atoms with Crippen molar-refractivity contribution in [2.24, 2.45) is 5.92 Å². The molecule has 0 bridgehead atoms. The van der Waals surface area contributed by atoms with Crippen LogP contribution < -0.4 is 5.32 Å². The Morgan fingerprint density at radius 3 is 2.30 bits per heavy atom. The summed E-state index contributed by atoms with van der Waals surface area (Å²) in [5, 5.41) is 3.05. The largest absolute Gasteiger partial charge is 0.466 e. The minimum atomic E-state index is -0.0892. The fourth-order valence-electron chi connectivity index (χ4n) is 2.56. The smallest absolute Gasteiger partial charge is 0.309 e. The summed E-state index contributed by atoms with van der Waals surface area (Å²) in [4.78, 5) is 25.7. The van der Waals surface area contributed by atoms with Crippen LogP contribution in [0, 0.1) is 5.92 Å². The minimum Gasteiger partial charge on any atom is -0.466 e. The molecule has 116 valence electrons. The molecule has 0 radical (unpaired) electrons. The third kappa shape index (κ3) is 5.49. The van der Waals surface area contributed by atoms with E-state index in [0.29, 0.717) is 13.2 Å². The summed E-state index contributed by atoms with van der Waals surface area (Å²) in [6.07, 6.45) is 3.51. The molecule has 5 heteroatoms. The number of esters is 1. The van der Waals surface area contributed by atoms with Crippen LogP contribution in [0.25, 0.3) is 0 Å². The molecular weight excluding hydrogens is 256 g/mol. The molecule has 0 aliphatic carbocycles. The minimum absolute atomic E-state index is 0.00768. The average Bonchev–Trinajstić information content (AvgIpc) is 2.45. The van der Waals surface area contributed by atoms with E-state index in [1.807, 2.05) is 6.92 Å². The Labute approximate surface area is 122 Å². The molecule has 0 aromatic heterocycles. The van der Waals surface area contributed by atoms with Crippen LogP contribution in [0.15, 0.2) is 0 Å². The van der Waals surface area contributed by atoms with Crippen molar-refractivity contribution >= 4 is 11.9 Å². The summed E-state index contributed by atoms with van der Waals surface area (Å²) in [6, 6.07) is 0.277. The van der Waals surface area contributed by atoms with E-state index in [1.54, 1.807) is 0 Å². The number of ether oxygens (including phenoxy) is 1. The molecule has 1 rings (SSSR count). The van der Waals surface area contributed by atoms with Gasteiger partial charge in [0.1, 0.15) is 0 Å². The third-order valence-corrected chi connectivity index (χ3v) is 3.93. The highest BCUT2D eigenvalue weighted by molar-refractivity contribution is 5.78. The number of hydrogen-bond donors (Lipinski definition) is 1. The number of nitrogens with zero attached hydrogens (tertiary/aromatic N) is 1. The molecule has 1 fully saturated rings. The molecule has 0 unspecified atom stereocenters. The van der Waals surface area contributed by atoms with E-state index in [2.05, 4.69) is 24.1 Å². The van der Waals surface area contributed by atoms with Crippen molar-refractivity contribution in [2.75, 3.05) is 26.2 Å². The molecule has 0 atom stereocenters. The lowest BCUT2D eigenvalue weighted by molar-refractivity contribution is -0.149. The number of rotatable bonds is 7. The van der Waals surface area contributed by atoms with Crippen LogP contribution >= 0.6 is 0 Å². The quantitative estimate of drug-likeness (QED) is 0.721. The van der Waals surface area contributed by atoms with Gasteiger partial charge in [0.25, 0.3) is 0 Å². The van der Waals surface area contributed by atoms with Crippen molar-refractivity contribution in [3.05, 3.63) is 0 Å². The Balaban J connectivity index is 2.28. The average molecular weight is 284 g/mol. The number of piperidine rings is 1. The summed E-state index contributed by atoms with van der Waals surface area (Å²) in [5.74, 6) is 0.00945. The molecule has 0 aromatic carbocycles. The van der Waals surface area contributed by atoms with Gasteiger partial charge < -0.3 is 10.1 Å². The number of nitrogens with one attached hydrogen (secondary N) is 1. The Hall–Kier alpha value is -1.10. The highest BCUT2D eigenvalue weighted by Gasteiger charge is 2.26. The van der Waals surface area contributed by atoms with Crippen molar-refractivity contribution < 1.29 is 14.3 Å². The van der Waals surface area contributed by atoms with E-state index in [-0.39, 0.29) is 23.8 Å². The van der Waals surface area contributed by atoms with Crippen LogP contribution in [-0.2, 0) is 14.3 Å². The molecule has 1 aliphatic heterocycles. The molecule has 1 aliphatic rings. The van der Waals surface area contributed by atoms with Gasteiger partial charge in [0.2, 0.25) is 5.91 Å². The van der Waals surface area contributed by atoms with Crippen molar-refractivity contribution in [1.29, 1.82) is 0 Å². The van der Waals surface area contributed by atoms with E-state index < -0.39 is 0 Å². The Morgan fingerprint density at radius 1 is 1.20 bits per heavy atom. The first-order chi connectivity index (χ1) is 9.60. The van der Waals surface area contributed by atoms with Crippen molar-refractivity contribution in [1.82, 2.24) is 10.2 Å². The Bertz CT molecular complexity index is 308. The van der Waals surface area contributed by atoms with Crippen molar-refractivity contribution in [2.45, 2.75) is 52.5 Å². The third-order valence-electron chi connectivity index (χ3n) is 3.93. The Kier molecular flexibility index (Phi) is 7.59. The molecule has 1 N–H and O–H groups in total. The molecule has 0 spiro atoms. The first-order valence-electron chi connectivity index (χ1n) is 7.78. The zero-order chi connectivity index (χ0) is 15.0. The molecular formula is C15H28N2O3. The second-order valence-electron chi connectivity index (χ2n) is 5.38. The first kappa shape index (κ1) is 17.0. The number of hydrogen-bond acceptors (Lipinski definition) is 4. The molecule has 1 amide bonds. The van der Waals surface area contributed by atoms with Gasteiger partial charge in [-0.05, 0) is 45.7 Å². The fourth-order valence-corrected chi connectivity index (χ4v) is 2.56. The zero-order valence-corrected chi connectivity index (χ0v) is 13.0. The molecule has 1 heterocycles. The van der Waals surface area contributed by atoms with Crippen molar-refractivity contribution in [3.8, 4) is 0 Å². The first-order valence-corrected chi connectivity index (χ1v) is 7.78. The van der Waals surface area contributed by atoms with Gasteiger partial charge in [-0.2, -0.15) is 0 Å². The van der Waals surface area contributed by atoms with Gasteiger partial charge in [0.15, 0.2) is 0 Å². The molecule has 1 saturated heterocycles. The molecule has 5 nitrogen and oxygen atoms in total. The molecule has 0 aromatic rings. The molecule has 0 saturated carbocycles. The van der Waals surface area contributed by atoms with Crippen LogP contribution in [0.3, 0.4) is 0 Å². The van der Waals surface area contributed by atoms with Crippen LogP contribution in [0.4, 0.5) is 0 Å². The van der Waals surface area contributed by atoms with Crippen molar-refractivity contribution in [3.63, 3.8) is 0 Å². The standard InChI is InChI=1S/C15H28N2O3/c1-4-13(5-2)16-14(18)11-17-9-7-12(8-10-17)15(19)20-6-3/h12-13H,4-11H2,1-3H3,(H,16,18). The fraction of sp³-hybridized carbons (Fsp3) is 0.867. The number of carbonyl (C=O) groups excluding carboxylic acids is 2. The zero-order valence-electron chi connectivity index (χ0n) is 13.0. The SMILES string of the molecule is CCOC(=O)C1CCN(CC(=O)NC(CC)CC)CC1. The lowest BCUT2D eigenvalue weighted by atomic mass is 9.97. The highest BCUT2D eigenvalue weighted by Crippen LogP contribution is 2.18. The number of amides is 1. The maximum atomic E-state index is 11.9. The van der Waals surface area contributed by atoms with E-state index >= 15 is 0 Å². The summed E-state index contributed by atoms with van der Waals surface area (Å²) in [7, 11) is 0. The van der Waals surface area contributed by atoms with Gasteiger partial charge in [-0.25, -0.2) is 0 Å². The van der Waals surface area contributed by atoms with Crippen LogP contribution in [0.1, 0.15) is 46.5 Å². The topological polar surface area (TPSA) is 58.6 Å². The predicted octanol–water partition coefficient (Wildman–Crippen LogP) is 1.57. The monoisotopic (exact) mass is 284 g/mol. The summed E-state index contributed by atoms with van der Waals surface area (Å²) in [5.41, 5.74) is 0. The second-order valence-corrected chi connectivity index (χ2v) is 5.38. The van der Waals surface area contributed by atoms with E-state index in [4.69, 9.17) is 4.74 Å². The van der Waals surface area contributed by atoms with Gasteiger partial charge in [-0.1, -0.05) is 13.8 Å². The Morgan fingerprint density at radius 2 is 1.80 bits per heavy atom. The van der Waals surface area contributed by atoms with Gasteiger partial charge in [0.05, 0.1) is 19.1 Å². The highest BCUT2D eigenvalue weighted by atomic mass is 16.5. The number of likely N-dealkylation sites (tertiary alicyclic amines) is 1. The van der Waals surface area contributed by atoms with E-state index in [1.165, 1.54) is 0 Å². The summed E-state index contributed by atoms with van der Waals surface area (Å²) in [6.45, 7) is 8.45. The van der Waals surface area contributed by atoms with Gasteiger partial charge in [0, 0.05) is 6.04 Å². The maximum Gasteiger partial charge on any atom is 0.309 e. The van der Waals surface area contributed by atoms with Crippen LogP contribution in [0.2, 0.25) is 0 Å². The maximum absolute atomic E-state index is 11.9. The lowest BCUT2D eigenvalue weighted by Gasteiger charge is -2.30. The van der Waals surface area contributed by atoms with Gasteiger partial charge in [-0.15, -0.1) is 0 Å². The van der Waals surface area contributed by atoms with Gasteiger partial charge >= 0.3 is 5.97 Å².